The zero-order chi connectivity index (χ0) is 14.8. The molecule has 108 valence electrons. The summed E-state index contributed by atoms with van der Waals surface area (Å²) >= 11 is 0. The summed E-state index contributed by atoms with van der Waals surface area (Å²) in [6.45, 7) is 4.44. The van der Waals surface area contributed by atoms with Crippen LogP contribution in [0.2, 0.25) is 0 Å². The minimum absolute atomic E-state index is 0.107. The lowest BCUT2D eigenvalue weighted by Gasteiger charge is -2.36. The Bertz CT molecular complexity index is 692. The van der Waals surface area contributed by atoms with Crippen LogP contribution in [0.1, 0.15) is 18.5 Å². The summed E-state index contributed by atoms with van der Waals surface area (Å²) in [6.07, 6.45) is 1.93. The molecular weight excluding hydrogens is 264 g/mol. The van der Waals surface area contributed by atoms with Gasteiger partial charge < -0.3 is 9.88 Å². The number of H-pyrrole nitrogens is 1. The number of benzene rings is 1. The number of aromatic nitrogens is 1. The maximum absolute atomic E-state index is 11.4. The van der Waals surface area contributed by atoms with E-state index in [2.05, 4.69) is 16.0 Å². The number of nitriles is 1. The molecule has 1 aliphatic heterocycles. The van der Waals surface area contributed by atoms with Crippen molar-refractivity contribution in [2.24, 2.45) is 0 Å². The summed E-state index contributed by atoms with van der Waals surface area (Å²) in [5, 5.41) is 10.7. The van der Waals surface area contributed by atoms with Crippen molar-refractivity contribution < 1.29 is 4.79 Å². The molecule has 0 radical (unpaired) electrons. The van der Waals surface area contributed by atoms with Crippen molar-refractivity contribution in [1.82, 2.24) is 14.8 Å². The third-order valence-corrected chi connectivity index (χ3v) is 4.16. The van der Waals surface area contributed by atoms with E-state index in [0.717, 1.165) is 29.6 Å². The number of hydrogen-bond acceptors (Lipinski definition) is 3. The zero-order valence-corrected chi connectivity index (χ0v) is 12.0. The van der Waals surface area contributed by atoms with Crippen molar-refractivity contribution in [3.63, 3.8) is 0 Å². The van der Waals surface area contributed by atoms with E-state index >= 15 is 0 Å². The SMILES string of the molecule is CC(=O)N1CCN(C(C#N)c2c[nH]c3ccccc23)CC1. The monoisotopic (exact) mass is 282 g/mol. The normalized spacial score (nSPS) is 17.6. The fourth-order valence-corrected chi connectivity index (χ4v) is 2.96. The average molecular weight is 282 g/mol. The smallest absolute Gasteiger partial charge is 0.219 e. The molecule has 5 heteroatoms. The van der Waals surface area contributed by atoms with Gasteiger partial charge in [0.05, 0.1) is 6.07 Å². The molecule has 1 fully saturated rings. The lowest BCUT2D eigenvalue weighted by molar-refractivity contribution is -0.130. The molecule has 1 atom stereocenters. The molecule has 1 N–H and O–H groups in total. The number of carbonyl (C=O) groups is 1. The van der Waals surface area contributed by atoms with E-state index in [-0.39, 0.29) is 11.9 Å². The number of nitrogens with zero attached hydrogens (tertiary/aromatic N) is 3. The highest BCUT2D eigenvalue weighted by atomic mass is 16.2. The maximum atomic E-state index is 11.4. The Balaban J connectivity index is 1.83. The molecule has 0 saturated carbocycles. The predicted octanol–water partition coefficient (Wildman–Crippen LogP) is 1.90. The highest BCUT2D eigenvalue weighted by Crippen LogP contribution is 2.28. The van der Waals surface area contributed by atoms with Crippen molar-refractivity contribution in [3.05, 3.63) is 36.0 Å². The Morgan fingerprint density at radius 1 is 1.29 bits per heavy atom. The zero-order valence-electron chi connectivity index (χ0n) is 12.0. The molecule has 1 unspecified atom stereocenters. The molecule has 1 amide bonds. The van der Waals surface area contributed by atoms with Crippen LogP contribution in [0.15, 0.2) is 30.5 Å². The molecule has 1 aliphatic rings. The number of nitrogens with one attached hydrogen (secondary N) is 1. The largest absolute Gasteiger partial charge is 0.361 e. The van der Waals surface area contributed by atoms with Crippen molar-refractivity contribution in [1.29, 1.82) is 5.26 Å². The molecule has 3 rings (SSSR count). The topological polar surface area (TPSA) is 63.1 Å². The standard InChI is InChI=1S/C16H18N4O/c1-12(21)19-6-8-20(9-7-19)16(10-17)14-11-18-15-5-3-2-4-13(14)15/h2-5,11,16,18H,6-9H2,1H3. The van der Waals surface area contributed by atoms with Crippen LogP contribution >= 0.6 is 0 Å². The van der Waals surface area contributed by atoms with Gasteiger partial charge in [-0.05, 0) is 6.07 Å². The van der Waals surface area contributed by atoms with E-state index in [1.165, 1.54) is 0 Å². The van der Waals surface area contributed by atoms with Crippen LogP contribution in [-0.4, -0.2) is 46.9 Å². The number of amides is 1. The predicted molar refractivity (Wildman–Crippen MR) is 80.5 cm³/mol. The van der Waals surface area contributed by atoms with Crippen molar-refractivity contribution in [2.75, 3.05) is 26.2 Å². The van der Waals surface area contributed by atoms with Crippen LogP contribution in [0.5, 0.6) is 0 Å². The number of fused-ring (bicyclic) bond motifs is 1. The van der Waals surface area contributed by atoms with Gasteiger partial charge in [0, 0.05) is 55.8 Å². The quantitative estimate of drug-likeness (QED) is 0.915. The highest BCUT2D eigenvalue weighted by molar-refractivity contribution is 5.84. The highest BCUT2D eigenvalue weighted by Gasteiger charge is 2.27. The first kappa shape index (κ1) is 13.7. The van der Waals surface area contributed by atoms with Crippen LogP contribution in [0, 0.1) is 11.3 Å². The first-order valence-corrected chi connectivity index (χ1v) is 7.16. The van der Waals surface area contributed by atoms with Crippen LogP contribution in [0.3, 0.4) is 0 Å². The van der Waals surface area contributed by atoms with Crippen LogP contribution < -0.4 is 0 Å². The average Bonchev–Trinajstić information content (AvgIpc) is 2.93. The van der Waals surface area contributed by atoms with Crippen molar-refractivity contribution >= 4 is 16.8 Å². The lowest BCUT2D eigenvalue weighted by Crippen LogP contribution is -2.48. The molecular formula is C16H18N4O. The van der Waals surface area contributed by atoms with Crippen LogP contribution in [-0.2, 0) is 4.79 Å². The van der Waals surface area contributed by atoms with Gasteiger partial charge in [-0.25, -0.2) is 0 Å². The second-order valence-corrected chi connectivity index (χ2v) is 5.36. The van der Waals surface area contributed by atoms with E-state index < -0.39 is 0 Å². The number of piperazine rings is 1. The maximum Gasteiger partial charge on any atom is 0.219 e. The van der Waals surface area contributed by atoms with Gasteiger partial charge in [0.2, 0.25) is 5.91 Å². The molecule has 1 aromatic carbocycles. The first-order valence-electron chi connectivity index (χ1n) is 7.16. The Morgan fingerprint density at radius 3 is 2.67 bits per heavy atom. The number of aromatic amines is 1. The van der Waals surface area contributed by atoms with Crippen molar-refractivity contribution in [3.8, 4) is 6.07 Å². The number of para-hydroxylation sites is 1. The Morgan fingerprint density at radius 2 is 2.00 bits per heavy atom. The van der Waals surface area contributed by atoms with Gasteiger partial charge in [-0.15, -0.1) is 0 Å². The third-order valence-electron chi connectivity index (χ3n) is 4.16. The summed E-state index contributed by atoms with van der Waals surface area (Å²) in [6, 6.07) is 10.2. The number of rotatable bonds is 2. The number of carbonyl (C=O) groups excluding carboxylic acids is 1. The number of hydrogen-bond donors (Lipinski definition) is 1. The van der Waals surface area contributed by atoms with Crippen LogP contribution in [0.4, 0.5) is 0 Å². The second kappa shape index (κ2) is 5.58. The van der Waals surface area contributed by atoms with Gasteiger partial charge in [0.15, 0.2) is 0 Å². The molecule has 2 aromatic rings. The van der Waals surface area contributed by atoms with Crippen molar-refractivity contribution in [2.45, 2.75) is 13.0 Å². The van der Waals surface area contributed by atoms with E-state index in [1.807, 2.05) is 35.4 Å². The fourth-order valence-electron chi connectivity index (χ4n) is 2.96. The Labute approximate surface area is 123 Å². The van der Waals surface area contributed by atoms with E-state index in [9.17, 15) is 10.1 Å². The van der Waals surface area contributed by atoms with Gasteiger partial charge in [-0.1, -0.05) is 18.2 Å². The minimum Gasteiger partial charge on any atom is -0.361 e. The second-order valence-electron chi connectivity index (χ2n) is 5.36. The molecule has 1 saturated heterocycles. The summed E-state index contributed by atoms with van der Waals surface area (Å²) < 4.78 is 0. The Kier molecular flexibility index (Phi) is 3.63. The molecule has 2 heterocycles. The molecule has 0 aliphatic carbocycles. The molecule has 0 spiro atoms. The molecule has 1 aromatic heterocycles. The molecule has 21 heavy (non-hydrogen) atoms. The van der Waals surface area contributed by atoms with Gasteiger partial charge in [-0.3, -0.25) is 9.69 Å². The Hall–Kier alpha value is -2.32. The first-order chi connectivity index (χ1) is 10.2. The summed E-state index contributed by atoms with van der Waals surface area (Å²) in [4.78, 5) is 18.6. The van der Waals surface area contributed by atoms with E-state index in [0.29, 0.717) is 13.1 Å². The summed E-state index contributed by atoms with van der Waals surface area (Å²) in [5.74, 6) is 0.107. The van der Waals surface area contributed by atoms with E-state index in [1.54, 1.807) is 6.92 Å². The van der Waals surface area contributed by atoms with Gasteiger partial charge >= 0.3 is 0 Å². The minimum atomic E-state index is -0.268. The molecule has 5 nitrogen and oxygen atoms in total. The van der Waals surface area contributed by atoms with Gasteiger partial charge in [0.25, 0.3) is 0 Å². The summed E-state index contributed by atoms with van der Waals surface area (Å²) in [5.41, 5.74) is 2.07. The van der Waals surface area contributed by atoms with Gasteiger partial charge in [0.1, 0.15) is 6.04 Å². The van der Waals surface area contributed by atoms with Crippen LogP contribution in [0.25, 0.3) is 10.9 Å². The summed E-state index contributed by atoms with van der Waals surface area (Å²) in [7, 11) is 0. The van der Waals surface area contributed by atoms with E-state index in [4.69, 9.17) is 0 Å². The lowest BCUT2D eigenvalue weighted by atomic mass is 10.0. The fraction of sp³-hybridized carbons (Fsp3) is 0.375. The third kappa shape index (κ3) is 2.50. The molecule has 0 bridgehead atoms. The van der Waals surface area contributed by atoms with Gasteiger partial charge in [-0.2, -0.15) is 5.26 Å².